The Labute approximate surface area is 98.5 Å². The minimum Gasteiger partial charge on any atom is -0.408 e. The molecule has 0 bridgehead atoms. The number of aliphatic hydroxyl groups is 1. The van der Waals surface area contributed by atoms with Crippen molar-refractivity contribution in [1.29, 1.82) is 0 Å². The number of hydrogen-bond acceptors (Lipinski definition) is 3. The molecular formula is C13H15NO3. The quantitative estimate of drug-likeness (QED) is 0.860. The summed E-state index contributed by atoms with van der Waals surface area (Å²) in [7, 11) is 1.67. The standard InChI is InChI=1S/C13H15NO3/c1-7-5-9(7)12(15)8-3-4-10-11(6-8)17-13(16)14(10)2/h3-4,6-7,9,12,15H,5H2,1-2H3. The van der Waals surface area contributed by atoms with Gasteiger partial charge in [0.05, 0.1) is 11.6 Å². The van der Waals surface area contributed by atoms with Gasteiger partial charge in [-0.05, 0) is 36.0 Å². The number of oxazole rings is 1. The number of aromatic nitrogens is 1. The maximum atomic E-state index is 11.4. The second-order valence-electron chi connectivity index (χ2n) is 4.98. The van der Waals surface area contributed by atoms with Crippen molar-refractivity contribution in [3.8, 4) is 0 Å². The number of rotatable bonds is 2. The molecule has 1 saturated carbocycles. The summed E-state index contributed by atoms with van der Waals surface area (Å²) in [6.45, 7) is 2.13. The van der Waals surface area contributed by atoms with Crippen LogP contribution >= 0.6 is 0 Å². The van der Waals surface area contributed by atoms with E-state index in [9.17, 15) is 9.90 Å². The highest BCUT2D eigenvalue weighted by Crippen LogP contribution is 2.47. The molecule has 3 rings (SSSR count). The minimum atomic E-state index is -0.445. The minimum absolute atomic E-state index is 0.350. The summed E-state index contributed by atoms with van der Waals surface area (Å²) >= 11 is 0. The van der Waals surface area contributed by atoms with Crippen molar-refractivity contribution in [3.05, 3.63) is 34.3 Å². The molecule has 0 radical (unpaired) electrons. The number of nitrogens with zero attached hydrogens (tertiary/aromatic N) is 1. The van der Waals surface area contributed by atoms with E-state index in [1.165, 1.54) is 4.57 Å². The van der Waals surface area contributed by atoms with E-state index in [1.807, 2.05) is 12.1 Å². The number of hydrogen-bond donors (Lipinski definition) is 1. The van der Waals surface area contributed by atoms with Crippen molar-refractivity contribution in [2.45, 2.75) is 19.4 Å². The van der Waals surface area contributed by atoms with Crippen molar-refractivity contribution < 1.29 is 9.52 Å². The van der Waals surface area contributed by atoms with Gasteiger partial charge in [0.25, 0.3) is 0 Å². The van der Waals surface area contributed by atoms with Gasteiger partial charge in [-0.15, -0.1) is 0 Å². The molecule has 1 N–H and O–H groups in total. The van der Waals surface area contributed by atoms with Gasteiger partial charge < -0.3 is 9.52 Å². The molecule has 1 heterocycles. The van der Waals surface area contributed by atoms with Gasteiger partial charge >= 0.3 is 5.76 Å². The molecule has 1 fully saturated rings. The third kappa shape index (κ3) is 1.60. The zero-order chi connectivity index (χ0) is 12.2. The van der Waals surface area contributed by atoms with Crippen LogP contribution in [0, 0.1) is 11.8 Å². The Morgan fingerprint density at radius 1 is 1.53 bits per heavy atom. The lowest BCUT2D eigenvalue weighted by Crippen LogP contribution is -2.08. The molecule has 4 heteroatoms. The lowest BCUT2D eigenvalue weighted by Gasteiger charge is -2.09. The predicted octanol–water partition coefficient (Wildman–Crippen LogP) is 1.82. The summed E-state index contributed by atoms with van der Waals surface area (Å²) in [4.78, 5) is 11.4. The maximum Gasteiger partial charge on any atom is 0.419 e. The molecule has 1 aliphatic carbocycles. The average molecular weight is 233 g/mol. The SMILES string of the molecule is CC1CC1C(O)c1ccc2c(c1)oc(=O)n2C. The number of benzene rings is 1. The van der Waals surface area contributed by atoms with Crippen LogP contribution in [0.15, 0.2) is 27.4 Å². The first-order chi connectivity index (χ1) is 8.08. The van der Waals surface area contributed by atoms with Gasteiger partial charge in [-0.1, -0.05) is 13.0 Å². The van der Waals surface area contributed by atoms with E-state index in [2.05, 4.69) is 6.92 Å². The first-order valence-electron chi connectivity index (χ1n) is 5.85. The van der Waals surface area contributed by atoms with Crippen LogP contribution in [0.5, 0.6) is 0 Å². The molecule has 4 nitrogen and oxygen atoms in total. The van der Waals surface area contributed by atoms with Crippen LogP contribution in [-0.2, 0) is 7.05 Å². The van der Waals surface area contributed by atoms with Gasteiger partial charge in [-0.25, -0.2) is 4.79 Å². The molecule has 2 aromatic rings. The third-order valence-corrected chi connectivity index (χ3v) is 3.74. The topological polar surface area (TPSA) is 55.4 Å². The summed E-state index contributed by atoms with van der Waals surface area (Å²) in [5.41, 5.74) is 2.14. The monoisotopic (exact) mass is 233 g/mol. The molecule has 1 aromatic carbocycles. The molecule has 3 unspecified atom stereocenters. The molecule has 3 atom stereocenters. The van der Waals surface area contributed by atoms with Gasteiger partial charge in [0.2, 0.25) is 0 Å². The highest BCUT2D eigenvalue weighted by atomic mass is 16.4. The molecule has 0 saturated heterocycles. The van der Waals surface area contributed by atoms with E-state index < -0.39 is 6.10 Å². The van der Waals surface area contributed by atoms with E-state index >= 15 is 0 Å². The van der Waals surface area contributed by atoms with Crippen molar-refractivity contribution >= 4 is 11.1 Å². The highest BCUT2D eigenvalue weighted by molar-refractivity contribution is 5.73. The Morgan fingerprint density at radius 3 is 2.88 bits per heavy atom. The zero-order valence-corrected chi connectivity index (χ0v) is 9.88. The van der Waals surface area contributed by atoms with Crippen molar-refractivity contribution in [1.82, 2.24) is 4.57 Å². The summed E-state index contributed by atoms with van der Waals surface area (Å²) in [5, 5.41) is 10.1. The third-order valence-electron chi connectivity index (χ3n) is 3.74. The smallest absolute Gasteiger partial charge is 0.408 e. The lowest BCUT2D eigenvalue weighted by molar-refractivity contribution is 0.148. The Kier molecular flexibility index (Phi) is 2.16. The molecule has 1 aromatic heterocycles. The van der Waals surface area contributed by atoms with Gasteiger partial charge in [-0.3, -0.25) is 4.57 Å². The van der Waals surface area contributed by atoms with E-state index in [1.54, 1.807) is 13.1 Å². The Hall–Kier alpha value is -1.55. The van der Waals surface area contributed by atoms with Gasteiger partial charge in [0.15, 0.2) is 5.58 Å². The molecule has 1 aliphatic rings. The first-order valence-corrected chi connectivity index (χ1v) is 5.85. The molecule has 0 amide bonds. The fraction of sp³-hybridized carbons (Fsp3) is 0.462. The summed E-state index contributed by atoms with van der Waals surface area (Å²) < 4.78 is 6.58. The van der Waals surface area contributed by atoms with E-state index in [-0.39, 0.29) is 5.76 Å². The summed E-state index contributed by atoms with van der Waals surface area (Å²) in [6.07, 6.45) is 0.623. The first kappa shape index (κ1) is 10.6. The van der Waals surface area contributed by atoms with Gasteiger partial charge in [-0.2, -0.15) is 0 Å². The van der Waals surface area contributed by atoms with Crippen LogP contribution < -0.4 is 5.76 Å². The number of aliphatic hydroxyl groups excluding tert-OH is 1. The number of aryl methyl sites for hydroxylation is 1. The van der Waals surface area contributed by atoms with Crippen molar-refractivity contribution in [2.75, 3.05) is 0 Å². The van der Waals surface area contributed by atoms with E-state index in [0.29, 0.717) is 17.4 Å². The molecule has 0 spiro atoms. The van der Waals surface area contributed by atoms with Crippen molar-refractivity contribution in [2.24, 2.45) is 18.9 Å². The average Bonchev–Trinajstić information content (AvgIpc) is 2.97. The molecule has 17 heavy (non-hydrogen) atoms. The fourth-order valence-corrected chi connectivity index (χ4v) is 2.37. The largest absolute Gasteiger partial charge is 0.419 e. The predicted molar refractivity (Wildman–Crippen MR) is 63.7 cm³/mol. The second kappa shape index (κ2) is 3.47. The lowest BCUT2D eigenvalue weighted by atomic mass is 10.0. The van der Waals surface area contributed by atoms with Crippen LogP contribution in [0.3, 0.4) is 0 Å². The van der Waals surface area contributed by atoms with Gasteiger partial charge in [0.1, 0.15) is 0 Å². The molecular weight excluding hydrogens is 218 g/mol. The Balaban J connectivity index is 2.04. The summed E-state index contributed by atoms with van der Waals surface area (Å²) in [5.74, 6) is 0.567. The maximum absolute atomic E-state index is 11.4. The van der Waals surface area contributed by atoms with Crippen LogP contribution in [-0.4, -0.2) is 9.67 Å². The van der Waals surface area contributed by atoms with Crippen molar-refractivity contribution in [3.63, 3.8) is 0 Å². The zero-order valence-electron chi connectivity index (χ0n) is 9.88. The number of fused-ring (bicyclic) bond motifs is 1. The Morgan fingerprint density at radius 2 is 2.24 bits per heavy atom. The summed E-state index contributed by atoms with van der Waals surface area (Å²) in [6, 6.07) is 5.46. The van der Waals surface area contributed by atoms with E-state index in [0.717, 1.165) is 17.5 Å². The second-order valence-corrected chi connectivity index (χ2v) is 4.98. The van der Waals surface area contributed by atoms with Crippen LogP contribution in [0.25, 0.3) is 11.1 Å². The van der Waals surface area contributed by atoms with Crippen LogP contribution in [0.4, 0.5) is 0 Å². The molecule has 90 valence electrons. The fourth-order valence-electron chi connectivity index (χ4n) is 2.37. The van der Waals surface area contributed by atoms with E-state index in [4.69, 9.17) is 4.42 Å². The normalized spacial score (nSPS) is 25.1. The van der Waals surface area contributed by atoms with Crippen LogP contribution in [0.1, 0.15) is 25.0 Å². The highest BCUT2D eigenvalue weighted by Gasteiger charge is 2.39. The van der Waals surface area contributed by atoms with Crippen LogP contribution in [0.2, 0.25) is 0 Å². The molecule has 0 aliphatic heterocycles. The Bertz CT molecular complexity index is 625. The van der Waals surface area contributed by atoms with Gasteiger partial charge in [0, 0.05) is 7.05 Å².